The number of carbonyl (C=O) groups is 2. The minimum Gasteiger partial charge on any atom is -0.469 e. The number of nitrogens with one attached hydrogen (secondary N) is 1. The standard InChI is InChI=1S/C14H18N2O4/c1-19-14(18)10-13(17)15-11-3-2-4-12(9-11)16-5-7-20-8-6-16/h2-4,9H,5-8,10H2,1H3,(H,15,17). The number of morpholine rings is 1. The van der Waals surface area contributed by atoms with Gasteiger partial charge in [0.2, 0.25) is 5.91 Å². The molecule has 1 fully saturated rings. The molecule has 1 aliphatic heterocycles. The van der Waals surface area contributed by atoms with Crippen LogP contribution in [0, 0.1) is 0 Å². The molecule has 0 spiro atoms. The van der Waals surface area contributed by atoms with Gasteiger partial charge in [-0.1, -0.05) is 6.07 Å². The van der Waals surface area contributed by atoms with Gasteiger partial charge in [0.15, 0.2) is 0 Å². The van der Waals surface area contributed by atoms with Gasteiger partial charge in [-0.05, 0) is 18.2 Å². The fraction of sp³-hybridized carbons (Fsp3) is 0.429. The van der Waals surface area contributed by atoms with E-state index in [2.05, 4.69) is 15.0 Å². The van der Waals surface area contributed by atoms with Gasteiger partial charge in [0.05, 0.1) is 20.3 Å². The molecule has 6 heteroatoms. The summed E-state index contributed by atoms with van der Waals surface area (Å²) in [6.45, 7) is 3.08. The van der Waals surface area contributed by atoms with Crippen molar-refractivity contribution >= 4 is 23.3 Å². The molecule has 6 nitrogen and oxygen atoms in total. The summed E-state index contributed by atoms with van der Waals surface area (Å²) in [6, 6.07) is 7.54. The Bertz CT molecular complexity index is 484. The van der Waals surface area contributed by atoms with Gasteiger partial charge in [-0.2, -0.15) is 0 Å². The Hall–Kier alpha value is -2.08. The van der Waals surface area contributed by atoms with Crippen molar-refractivity contribution in [1.82, 2.24) is 0 Å². The molecule has 1 saturated heterocycles. The van der Waals surface area contributed by atoms with Crippen molar-refractivity contribution in [1.29, 1.82) is 0 Å². The van der Waals surface area contributed by atoms with Crippen molar-refractivity contribution in [2.45, 2.75) is 6.42 Å². The predicted octanol–water partition coefficient (Wildman–Crippen LogP) is 1.02. The highest BCUT2D eigenvalue weighted by Gasteiger charge is 2.13. The first-order valence-corrected chi connectivity index (χ1v) is 6.48. The second-order valence-corrected chi connectivity index (χ2v) is 4.45. The molecule has 108 valence electrons. The van der Waals surface area contributed by atoms with Crippen molar-refractivity contribution in [3.63, 3.8) is 0 Å². The first-order valence-electron chi connectivity index (χ1n) is 6.48. The molecule has 0 aromatic heterocycles. The third-order valence-corrected chi connectivity index (χ3v) is 3.04. The SMILES string of the molecule is COC(=O)CC(=O)Nc1cccc(N2CCOCC2)c1. The van der Waals surface area contributed by atoms with Crippen LogP contribution in [0.25, 0.3) is 0 Å². The minimum atomic E-state index is -0.549. The number of ether oxygens (including phenoxy) is 2. The van der Waals surface area contributed by atoms with E-state index in [9.17, 15) is 9.59 Å². The number of carbonyl (C=O) groups excluding carboxylic acids is 2. The van der Waals surface area contributed by atoms with Crippen LogP contribution in [0.2, 0.25) is 0 Å². The number of methoxy groups -OCH3 is 1. The maximum absolute atomic E-state index is 11.6. The lowest BCUT2D eigenvalue weighted by molar-refractivity contribution is -0.142. The van der Waals surface area contributed by atoms with E-state index in [4.69, 9.17) is 4.74 Å². The van der Waals surface area contributed by atoms with E-state index in [1.54, 1.807) is 6.07 Å². The average Bonchev–Trinajstić information content (AvgIpc) is 2.48. The van der Waals surface area contributed by atoms with Crippen LogP contribution in [-0.4, -0.2) is 45.3 Å². The van der Waals surface area contributed by atoms with Gasteiger partial charge in [-0.3, -0.25) is 9.59 Å². The molecule has 1 aromatic carbocycles. The number of anilines is 2. The highest BCUT2D eigenvalue weighted by molar-refractivity contribution is 6.02. The summed E-state index contributed by atoms with van der Waals surface area (Å²) in [5.74, 6) is -0.928. The molecular formula is C14H18N2O4. The Morgan fingerprint density at radius 2 is 2.10 bits per heavy atom. The quantitative estimate of drug-likeness (QED) is 0.658. The summed E-state index contributed by atoms with van der Waals surface area (Å²) in [5.41, 5.74) is 1.70. The second-order valence-electron chi connectivity index (χ2n) is 4.45. The zero-order valence-electron chi connectivity index (χ0n) is 11.4. The lowest BCUT2D eigenvalue weighted by Gasteiger charge is -2.29. The Morgan fingerprint density at radius 1 is 1.35 bits per heavy atom. The van der Waals surface area contributed by atoms with Gasteiger partial charge in [-0.25, -0.2) is 0 Å². The summed E-state index contributed by atoms with van der Waals surface area (Å²) in [4.78, 5) is 24.8. The third kappa shape index (κ3) is 3.96. The van der Waals surface area contributed by atoms with Crippen molar-refractivity contribution in [2.24, 2.45) is 0 Å². The Morgan fingerprint density at radius 3 is 2.80 bits per heavy atom. The molecule has 0 bridgehead atoms. The van der Waals surface area contributed by atoms with Crippen LogP contribution in [-0.2, 0) is 19.1 Å². The molecule has 2 rings (SSSR count). The maximum atomic E-state index is 11.6. The van der Waals surface area contributed by atoms with Gasteiger partial charge in [0, 0.05) is 24.5 Å². The highest BCUT2D eigenvalue weighted by atomic mass is 16.5. The Kier molecular flexibility index (Phi) is 4.95. The molecular weight excluding hydrogens is 260 g/mol. The Balaban J connectivity index is 1.98. The van der Waals surface area contributed by atoms with Crippen LogP contribution in [0.5, 0.6) is 0 Å². The molecule has 0 unspecified atom stereocenters. The van der Waals surface area contributed by atoms with E-state index in [0.717, 1.165) is 18.8 Å². The van der Waals surface area contributed by atoms with E-state index in [-0.39, 0.29) is 12.3 Å². The average molecular weight is 278 g/mol. The maximum Gasteiger partial charge on any atom is 0.315 e. The van der Waals surface area contributed by atoms with Gasteiger partial charge in [-0.15, -0.1) is 0 Å². The monoisotopic (exact) mass is 278 g/mol. The number of amides is 1. The zero-order chi connectivity index (χ0) is 14.4. The molecule has 1 amide bonds. The largest absolute Gasteiger partial charge is 0.469 e. The highest BCUT2D eigenvalue weighted by Crippen LogP contribution is 2.20. The molecule has 0 saturated carbocycles. The van der Waals surface area contributed by atoms with Crippen molar-refractivity contribution in [3.8, 4) is 0 Å². The van der Waals surface area contributed by atoms with Crippen molar-refractivity contribution < 1.29 is 19.1 Å². The van der Waals surface area contributed by atoms with Crippen LogP contribution in [0.3, 0.4) is 0 Å². The first kappa shape index (κ1) is 14.3. The van der Waals surface area contributed by atoms with E-state index in [0.29, 0.717) is 18.9 Å². The smallest absolute Gasteiger partial charge is 0.315 e. The summed E-state index contributed by atoms with van der Waals surface area (Å²) >= 11 is 0. The van der Waals surface area contributed by atoms with Gasteiger partial charge in [0.1, 0.15) is 6.42 Å². The van der Waals surface area contributed by atoms with E-state index in [1.807, 2.05) is 18.2 Å². The fourth-order valence-electron chi connectivity index (χ4n) is 2.01. The predicted molar refractivity (Wildman–Crippen MR) is 74.7 cm³/mol. The first-order chi connectivity index (χ1) is 9.69. The van der Waals surface area contributed by atoms with Crippen molar-refractivity contribution in [3.05, 3.63) is 24.3 Å². The van der Waals surface area contributed by atoms with Crippen LogP contribution < -0.4 is 10.2 Å². The second kappa shape index (κ2) is 6.91. The van der Waals surface area contributed by atoms with E-state index in [1.165, 1.54) is 7.11 Å². The van der Waals surface area contributed by atoms with Crippen molar-refractivity contribution in [2.75, 3.05) is 43.6 Å². The normalized spacial score (nSPS) is 14.8. The summed E-state index contributed by atoms with van der Waals surface area (Å²) < 4.78 is 9.76. The van der Waals surface area contributed by atoms with Gasteiger partial charge < -0.3 is 19.7 Å². The number of rotatable bonds is 4. The van der Waals surface area contributed by atoms with Crippen LogP contribution in [0.15, 0.2) is 24.3 Å². The molecule has 1 aliphatic rings. The molecule has 0 radical (unpaired) electrons. The van der Waals surface area contributed by atoms with Crippen LogP contribution >= 0.6 is 0 Å². The molecule has 0 atom stereocenters. The zero-order valence-corrected chi connectivity index (χ0v) is 11.4. The number of benzene rings is 1. The minimum absolute atomic E-state index is 0.279. The third-order valence-electron chi connectivity index (χ3n) is 3.04. The lowest BCUT2D eigenvalue weighted by Crippen LogP contribution is -2.36. The van der Waals surface area contributed by atoms with Crippen LogP contribution in [0.1, 0.15) is 6.42 Å². The molecule has 1 N–H and O–H groups in total. The fourth-order valence-corrected chi connectivity index (χ4v) is 2.01. The molecule has 20 heavy (non-hydrogen) atoms. The number of nitrogens with zero attached hydrogens (tertiary/aromatic N) is 1. The number of esters is 1. The summed E-state index contributed by atoms with van der Waals surface area (Å²) in [5, 5.41) is 2.69. The molecule has 1 aromatic rings. The molecule has 0 aliphatic carbocycles. The summed E-state index contributed by atoms with van der Waals surface area (Å²) in [7, 11) is 1.26. The van der Waals surface area contributed by atoms with Crippen LogP contribution in [0.4, 0.5) is 11.4 Å². The topological polar surface area (TPSA) is 67.9 Å². The number of hydrogen-bond acceptors (Lipinski definition) is 5. The van der Waals surface area contributed by atoms with Gasteiger partial charge in [0.25, 0.3) is 0 Å². The van der Waals surface area contributed by atoms with E-state index >= 15 is 0 Å². The molecule has 1 heterocycles. The van der Waals surface area contributed by atoms with Gasteiger partial charge >= 0.3 is 5.97 Å². The lowest BCUT2D eigenvalue weighted by atomic mass is 10.2. The summed E-state index contributed by atoms with van der Waals surface area (Å²) in [6.07, 6.45) is -0.279. The van der Waals surface area contributed by atoms with E-state index < -0.39 is 5.97 Å². The number of hydrogen-bond donors (Lipinski definition) is 1. The Labute approximate surface area is 117 Å².